The SMILES string of the molecule is COC(=O)/C=C(\C)Nc1[nH]n(-c2ccccc2)c(=O)c1C=Nc1ccccc1. The first kappa shape index (κ1) is 18.9. The van der Waals surface area contributed by atoms with Gasteiger partial charge in [0.1, 0.15) is 11.4 Å². The Labute approximate surface area is 162 Å². The molecule has 142 valence electrons. The molecule has 2 N–H and O–H groups in total. The van der Waals surface area contributed by atoms with Crippen LogP contribution in [0.5, 0.6) is 0 Å². The normalized spacial score (nSPS) is 11.6. The largest absolute Gasteiger partial charge is 0.466 e. The van der Waals surface area contributed by atoms with Crippen LogP contribution in [0.1, 0.15) is 12.5 Å². The van der Waals surface area contributed by atoms with Gasteiger partial charge in [-0.3, -0.25) is 14.9 Å². The molecule has 0 amide bonds. The average molecular weight is 376 g/mol. The van der Waals surface area contributed by atoms with Gasteiger partial charge in [-0.1, -0.05) is 36.4 Å². The molecular formula is C21H20N4O3. The van der Waals surface area contributed by atoms with E-state index in [-0.39, 0.29) is 5.56 Å². The van der Waals surface area contributed by atoms with Crippen LogP contribution in [-0.2, 0) is 9.53 Å². The van der Waals surface area contributed by atoms with Crippen molar-refractivity contribution in [3.05, 3.63) is 88.4 Å². The van der Waals surface area contributed by atoms with Crippen molar-refractivity contribution in [2.75, 3.05) is 12.4 Å². The van der Waals surface area contributed by atoms with Gasteiger partial charge in [0, 0.05) is 18.0 Å². The lowest BCUT2D eigenvalue weighted by molar-refractivity contribution is -0.134. The first-order chi connectivity index (χ1) is 13.6. The molecule has 28 heavy (non-hydrogen) atoms. The number of hydrogen-bond acceptors (Lipinski definition) is 5. The highest BCUT2D eigenvalue weighted by atomic mass is 16.5. The molecule has 0 aliphatic carbocycles. The Hall–Kier alpha value is -3.87. The predicted octanol–water partition coefficient (Wildman–Crippen LogP) is 3.40. The second-order valence-corrected chi connectivity index (χ2v) is 5.95. The molecule has 0 saturated carbocycles. The van der Waals surface area contributed by atoms with Crippen LogP contribution in [-0.4, -0.2) is 29.1 Å². The number of methoxy groups -OCH3 is 1. The van der Waals surface area contributed by atoms with Crippen LogP contribution < -0.4 is 10.9 Å². The number of aliphatic imine (C=N–C) groups is 1. The number of nitrogens with one attached hydrogen (secondary N) is 2. The fourth-order valence-electron chi connectivity index (χ4n) is 2.55. The third-order valence-corrected chi connectivity index (χ3v) is 3.90. The highest BCUT2D eigenvalue weighted by molar-refractivity contribution is 5.89. The van der Waals surface area contributed by atoms with Gasteiger partial charge in [-0.05, 0) is 31.2 Å². The van der Waals surface area contributed by atoms with E-state index >= 15 is 0 Å². The zero-order valence-corrected chi connectivity index (χ0v) is 15.5. The second kappa shape index (κ2) is 8.68. The minimum absolute atomic E-state index is 0.265. The molecule has 1 aromatic heterocycles. The van der Waals surface area contributed by atoms with Crippen molar-refractivity contribution < 1.29 is 9.53 Å². The van der Waals surface area contributed by atoms with Gasteiger partial charge in [0.2, 0.25) is 0 Å². The lowest BCUT2D eigenvalue weighted by Crippen LogP contribution is -2.17. The number of rotatable bonds is 6. The molecule has 7 heteroatoms. The van der Waals surface area contributed by atoms with Gasteiger partial charge < -0.3 is 10.1 Å². The number of anilines is 1. The number of aromatic amines is 1. The summed E-state index contributed by atoms with van der Waals surface area (Å²) in [6, 6.07) is 18.5. The number of ether oxygens (including phenoxy) is 1. The Morgan fingerprint density at radius 2 is 1.75 bits per heavy atom. The van der Waals surface area contributed by atoms with Gasteiger partial charge >= 0.3 is 5.97 Å². The summed E-state index contributed by atoms with van der Waals surface area (Å²) < 4.78 is 6.05. The van der Waals surface area contributed by atoms with E-state index in [1.807, 2.05) is 60.7 Å². The molecule has 0 radical (unpaired) electrons. The summed E-state index contributed by atoms with van der Waals surface area (Å²) in [7, 11) is 1.30. The van der Waals surface area contributed by atoms with Gasteiger partial charge in [0.25, 0.3) is 5.56 Å². The Morgan fingerprint density at radius 1 is 1.11 bits per heavy atom. The highest BCUT2D eigenvalue weighted by Gasteiger charge is 2.14. The number of carbonyl (C=O) groups is 1. The van der Waals surface area contributed by atoms with Crippen LogP contribution in [0.3, 0.4) is 0 Å². The van der Waals surface area contributed by atoms with Crippen LogP contribution in [0.15, 0.2) is 82.2 Å². The number of aromatic nitrogens is 2. The third kappa shape index (κ3) is 4.45. The standard InChI is InChI=1S/C21H20N4O3/c1-15(13-19(26)28-2)23-20-18(14-22-16-9-5-3-6-10-16)21(27)25(24-20)17-11-7-4-8-12-17/h3-14,23-24H,1-2H3/b15-13+,22-14?. The monoisotopic (exact) mass is 376 g/mol. The minimum atomic E-state index is -0.491. The average Bonchev–Trinajstić information content (AvgIpc) is 3.02. The maximum Gasteiger partial charge on any atom is 0.332 e. The van der Waals surface area contributed by atoms with Gasteiger partial charge in [-0.25, -0.2) is 9.48 Å². The molecule has 0 unspecified atom stereocenters. The molecule has 0 aliphatic rings. The number of allylic oxidation sites excluding steroid dienone is 1. The summed E-state index contributed by atoms with van der Waals surface area (Å²) >= 11 is 0. The van der Waals surface area contributed by atoms with Crippen molar-refractivity contribution in [3.8, 4) is 5.69 Å². The molecule has 7 nitrogen and oxygen atoms in total. The number of para-hydroxylation sites is 2. The van der Waals surface area contributed by atoms with Crippen molar-refractivity contribution in [2.45, 2.75) is 6.92 Å². The predicted molar refractivity (Wildman–Crippen MR) is 109 cm³/mol. The number of carbonyl (C=O) groups excluding carboxylic acids is 1. The number of esters is 1. The molecule has 0 saturated heterocycles. The molecule has 1 heterocycles. The molecule has 2 aromatic carbocycles. The minimum Gasteiger partial charge on any atom is -0.466 e. The zero-order valence-electron chi connectivity index (χ0n) is 15.5. The Balaban J connectivity index is 2.03. The fraction of sp³-hybridized carbons (Fsp3) is 0.0952. The van der Waals surface area contributed by atoms with Crippen molar-refractivity contribution in [1.29, 1.82) is 0 Å². The first-order valence-electron chi connectivity index (χ1n) is 8.61. The Kier molecular flexibility index (Phi) is 5.86. The first-order valence-corrected chi connectivity index (χ1v) is 8.61. The molecule has 3 rings (SSSR count). The summed E-state index contributed by atoms with van der Waals surface area (Å²) in [6.45, 7) is 1.70. The van der Waals surface area contributed by atoms with E-state index in [2.05, 4.69) is 20.1 Å². The Bertz CT molecular complexity index is 1060. The van der Waals surface area contributed by atoms with Crippen LogP contribution >= 0.6 is 0 Å². The molecule has 0 spiro atoms. The summed E-state index contributed by atoms with van der Waals surface area (Å²) in [5, 5.41) is 6.07. The number of hydrogen-bond donors (Lipinski definition) is 2. The van der Waals surface area contributed by atoms with Crippen LogP contribution in [0.4, 0.5) is 11.5 Å². The Morgan fingerprint density at radius 3 is 2.39 bits per heavy atom. The lowest BCUT2D eigenvalue weighted by Gasteiger charge is -2.05. The van der Waals surface area contributed by atoms with E-state index in [4.69, 9.17) is 0 Å². The van der Waals surface area contributed by atoms with Gasteiger partial charge in [-0.15, -0.1) is 0 Å². The fourth-order valence-corrected chi connectivity index (χ4v) is 2.55. The van der Waals surface area contributed by atoms with E-state index in [1.54, 1.807) is 6.92 Å². The smallest absolute Gasteiger partial charge is 0.332 e. The van der Waals surface area contributed by atoms with Crippen LogP contribution in [0.2, 0.25) is 0 Å². The van der Waals surface area contributed by atoms with Gasteiger partial charge in [0.15, 0.2) is 0 Å². The van der Waals surface area contributed by atoms with Crippen LogP contribution in [0.25, 0.3) is 5.69 Å². The highest BCUT2D eigenvalue weighted by Crippen LogP contribution is 2.15. The molecule has 0 atom stereocenters. The zero-order chi connectivity index (χ0) is 19.9. The van der Waals surface area contributed by atoms with E-state index in [1.165, 1.54) is 24.1 Å². The summed E-state index contributed by atoms with van der Waals surface area (Å²) in [5.41, 5.74) is 2.00. The van der Waals surface area contributed by atoms with Gasteiger partial charge in [-0.2, -0.15) is 0 Å². The summed E-state index contributed by atoms with van der Waals surface area (Å²) in [5.74, 6) is -0.0690. The topological polar surface area (TPSA) is 88.5 Å². The van der Waals surface area contributed by atoms with Crippen LogP contribution in [0, 0.1) is 0 Å². The maximum atomic E-state index is 13.0. The lowest BCUT2D eigenvalue weighted by atomic mass is 10.3. The molecule has 0 bridgehead atoms. The molecule has 0 aliphatic heterocycles. The van der Waals surface area contributed by atoms with Crippen molar-refractivity contribution in [1.82, 2.24) is 9.78 Å². The second-order valence-electron chi connectivity index (χ2n) is 5.95. The number of benzene rings is 2. The van der Waals surface area contributed by atoms with E-state index in [0.29, 0.717) is 22.8 Å². The maximum absolute atomic E-state index is 13.0. The summed E-state index contributed by atoms with van der Waals surface area (Å²) in [4.78, 5) is 28.8. The van der Waals surface area contributed by atoms with E-state index in [9.17, 15) is 9.59 Å². The van der Waals surface area contributed by atoms with Crippen molar-refractivity contribution in [3.63, 3.8) is 0 Å². The molecular weight excluding hydrogens is 356 g/mol. The van der Waals surface area contributed by atoms with Gasteiger partial charge in [0.05, 0.1) is 18.5 Å². The number of nitrogens with zero attached hydrogens (tertiary/aromatic N) is 2. The summed E-state index contributed by atoms with van der Waals surface area (Å²) in [6.07, 6.45) is 2.80. The quantitative estimate of drug-likeness (QED) is 0.392. The molecule has 3 aromatic rings. The van der Waals surface area contributed by atoms with Crippen molar-refractivity contribution >= 4 is 23.7 Å². The van der Waals surface area contributed by atoms with E-state index in [0.717, 1.165) is 5.69 Å². The van der Waals surface area contributed by atoms with Crippen molar-refractivity contribution in [2.24, 2.45) is 4.99 Å². The third-order valence-electron chi connectivity index (χ3n) is 3.90. The number of H-pyrrole nitrogens is 1. The van der Waals surface area contributed by atoms with E-state index < -0.39 is 5.97 Å². The molecule has 0 fully saturated rings.